The molecule has 54 valence electrons. The van der Waals surface area contributed by atoms with E-state index < -0.39 is 0 Å². The number of benzene rings is 1. The van der Waals surface area contributed by atoms with Crippen molar-refractivity contribution in [3.05, 3.63) is 42.4 Å². The van der Waals surface area contributed by atoms with Gasteiger partial charge < -0.3 is 4.90 Å². The molecular formula is C9H12LiN. The fourth-order valence-electron chi connectivity index (χ4n) is 0.837. The molecule has 0 aliphatic rings. The molecular weight excluding hydrogens is 129 g/mol. The van der Waals surface area contributed by atoms with E-state index in [1.165, 1.54) is 5.56 Å². The minimum absolute atomic E-state index is 0. The van der Waals surface area contributed by atoms with E-state index in [2.05, 4.69) is 18.7 Å². The summed E-state index contributed by atoms with van der Waals surface area (Å²) < 4.78 is 0. The summed E-state index contributed by atoms with van der Waals surface area (Å²) in [6.45, 7) is 2.08. The Morgan fingerprint density at radius 1 is 1.09 bits per heavy atom. The zero-order valence-corrected chi connectivity index (χ0v) is 7.41. The first-order valence-corrected chi connectivity index (χ1v) is 3.35. The molecule has 0 aliphatic carbocycles. The van der Waals surface area contributed by atoms with Crippen LogP contribution in [0, 0.1) is 6.54 Å². The number of hydrogen-bond acceptors (Lipinski definition) is 1. The minimum Gasteiger partial charge on any atom is -0.339 e. The Kier molecular flexibility index (Phi) is 5.15. The van der Waals surface area contributed by atoms with Crippen molar-refractivity contribution in [3.8, 4) is 0 Å². The molecule has 0 fully saturated rings. The van der Waals surface area contributed by atoms with E-state index in [0.717, 1.165) is 0 Å². The smallest absolute Gasteiger partial charge is 0.339 e. The number of hydrogen-bond donors (Lipinski definition) is 0. The molecule has 0 N–H and O–H groups in total. The zero-order valence-electron chi connectivity index (χ0n) is 7.41. The Balaban J connectivity index is 0.000001000. The van der Waals surface area contributed by atoms with Gasteiger partial charge in [0.2, 0.25) is 0 Å². The van der Waals surface area contributed by atoms with E-state index in [1.54, 1.807) is 0 Å². The van der Waals surface area contributed by atoms with Crippen molar-refractivity contribution in [3.63, 3.8) is 0 Å². The van der Waals surface area contributed by atoms with Gasteiger partial charge in [0, 0.05) is 0 Å². The van der Waals surface area contributed by atoms with Crippen LogP contribution in [0.5, 0.6) is 0 Å². The molecule has 0 amide bonds. The normalized spacial score (nSPS) is 9.00. The van der Waals surface area contributed by atoms with Crippen molar-refractivity contribution >= 4 is 0 Å². The molecule has 0 radical (unpaired) electrons. The van der Waals surface area contributed by atoms with Gasteiger partial charge in [0.05, 0.1) is 0 Å². The maximum Gasteiger partial charge on any atom is 1.00 e. The summed E-state index contributed by atoms with van der Waals surface area (Å²) in [5.74, 6) is 0. The van der Waals surface area contributed by atoms with Crippen molar-refractivity contribution in [2.75, 3.05) is 14.1 Å². The summed E-state index contributed by atoms with van der Waals surface area (Å²) >= 11 is 0. The number of nitrogens with zero attached hydrogens (tertiary/aromatic N) is 1. The topological polar surface area (TPSA) is 3.24 Å². The third-order valence-electron chi connectivity index (χ3n) is 1.21. The van der Waals surface area contributed by atoms with E-state index in [-0.39, 0.29) is 18.9 Å². The molecule has 0 aliphatic heterocycles. The van der Waals surface area contributed by atoms with Crippen molar-refractivity contribution in [1.29, 1.82) is 0 Å². The average Bonchev–Trinajstić information content (AvgIpc) is 1.88. The predicted molar refractivity (Wildman–Crippen MR) is 43.5 cm³/mol. The second-order valence-corrected chi connectivity index (χ2v) is 2.50. The molecule has 1 aromatic carbocycles. The third-order valence-corrected chi connectivity index (χ3v) is 1.21. The third kappa shape index (κ3) is 4.16. The summed E-state index contributed by atoms with van der Waals surface area (Å²) in [4.78, 5) is 2.04. The SMILES string of the molecule is CN(C)[CH-]c1ccccc1.[Li+]. The predicted octanol–water partition coefficient (Wildman–Crippen LogP) is -1.24. The van der Waals surface area contributed by atoms with E-state index >= 15 is 0 Å². The first-order chi connectivity index (χ1) is 4.79. The van der Waals surface area contributed by atoms with Crippen LogP contribution in [0.25, 0.3) is 0 Å². The van der Waals surface area contributed by atoms with Crippen LogP contribution in [-0.2, 0) is 0 Å². The van der Waals surface area contributed by atoms with Gasteiger partial charge in [-0.1, -0.05) is 6.07 Å². The van der Waals surface area contributed by atoms with E-state index in [9.17, 15) is 0 Å². The maximum absolute atomic E-state index is 2.08. The first-order valence-electron chi connectivity index (χ1n) is 3.35. The number of rotatable bonds is 2. The molecule has 1 nitrogen and oxygen atoms in total. The van der Waals surface area contributed by atoms with Gasteiger partial charge in [-0.15, -0.1) is 18.7 Å². The Labute approximate surface area is 80.6 Å². The monoisotopic (exact) mass is 141 g/mol. The van der Waals surface area contributed by atoms with Gasteiger partial charge in [-0.05, 0) is 14.1 Å². The van der Waals surface area contributed by atoms with Gasteiger partial charge in [0.1, 0.15) is 0 Å². The molecule has 2 heteroatoms. The standard InChI is InChI=1S/C9H12N.Li/c1-10(2)8-9-6-4-3-5-7-9;/h3-8H,1-2H3;/q-1;+1. The van der Waals surface area contributed by atoms with Crippen LogP contribution in [-0.4, -0.2) is 19.0 Å². The zero-order chi connectivity index (χ0) is 7.40. The Morgan fingerprint density at radius 3 is 2.09 bits per heavy atom. The van der Waals surface area contributed by atoms with E-state index in [1.807, 2.05) is 37.2 Å². The van der Waals surface area contributed by atoms with Gasteiger partial charge >= 0.3 is 18.9 Å². The molecule has 0 atom stereocenters. The quantitative estimate of drug-likeness (QED) is 0.368. The summed E-state index contributed by atoms with van der Waals surface area (Å²) in [6, 6.07) is 10.3. The molecule has 0 unspecified atom stereocenters. The average molecular weight is 141 g/mol. The Hall–Kier alpha value is -0.353. The second kappa shape index (κ2) is 5.32. The molecule has 0 saturated heterocycles. The largest absolute Gasteiger partial charge is 1.00 e. The van der Waals surface area contributed by atoms with Crippen molar-refractivity contribution in [2.45, 2.75) is 0 Å². The van der Waals surface area contributed by atoms with E-state index in [4.69, 9.17) is 0 Å². The molecule has 11 heavy (non-hydrogen) atoms. The van der Waals surface area contributed by atoms with Crippen LogP contribution >= 0.6 is 0 Å². The van der Waals surface area contributed by atoms with Crippen LogP contribution in [0.4, 0.5) is 0 Å². The minimum atomic E-state index is 0. The first kappa shape index (κ1) is 10.6. The summed E-state index contributed by atoms with van der Waals surface area (Å²) in [7, 11) is 4.04. The second-order valence-electron chi connectivity index (χ2n) is 2.50. The molecule has 0 spiro atoms. The summed E-state index contributed by atoms with van der Waals surface area (Å²) in [5.41, 5.74) is 1.24. The van der Waals surface area contributed by atoms with E-state index in [0.29, 0.717) is 0 Å². The molecule has 1 aromatic rings. The van der Waals surface area contributed by atoms with Crippen molar-refractivity contribution in [2.24, 2.45) is 0 Å². The van der Waals surface area contributed by atoms with Gasteiger partial charge in [0.15, 0.2) is 0 Å². The Morgan fingerprint density at radius 2 is 1.64 bits per heavy atom. The molecule has 0 bridgehead atoms. The van der Waals surface area contributed by atoms with Crippen molar-refractivity contribution < 1.29 is 18.9 Å². The van der Waals surface area contributed by atoms with Crippen LogP contribution in [0.3, 0.4) is 0 Å². The summed E-state index contributed by atoms with van der Waals surface area (Å²) in [6.07, 6.45) is 0. The van der Waals surface area contributed by atoms with Gasteiger partial charge in [-0.3, -0.25) is 0 Å². The van der Waals surface area contributed by atoms with Gasteiger partial charge in [-0.25, -0.2) is 0 Å². The maximum atomic E-state index is 2.08. The fraction of sp³-hybridized carbons (Fsp3) is 0.222. The Bertz CT molecular complexity index is 184. The fourth-order valence-corrected chi connectivity index (χ4v) is 0.837. The molecule has 0 aromatic heterocycles. The van der Waals surface area contributed by atoms with Crippen molar-refractivity contribution in [1.82, 2.24) is 4.90 Å². The van der Waals surface area contributed by atoms with Gasteiger partial charge in [-0.2, -0.15) is 17.7 Å². The molecule has 0 saturated carbocycles. The van der Waals surface area contributed by atoms with Crippen LogP contribution in [0.1, 0.15) is 5.56 Å². The van der Waals surface area contributed by atoms with Crippen LogP contribution in [0.15, 0.2) is 30.3 Å². The molecule has 1 rings (SSSR count). The van der Waals surface area contributed by atoms with Gasteiger partial charge in [0.25, 0.3) is 0 Å². The summed E-state index contributed by atoms with van der Waals surface area (Å²) in [5, 5.41) is 0. The molecule has 0 heterocycles. The van der Waals surface area contributed by atoms with Crippen LogP contribution < -0.4 is 18.9 Å². The van der Waals surface area contributed by atoms with Crippen LogP contribution in [0.2, 0.25) is 0 Å².